The molecule has 0 saturated carbocycles. The lowest BCUT2D eigenvalue weighted by Crippen LogP contribution is -2.19. The maximum absolute atomic E-state index is 4.38. The largest absolute Gasteiger partial charge is 0.367 e. The van der Waals surface area contributed by atoms with E-state index in [0.717, 1.165) is 24.6 Å². The van der Waals surface area contributed by atoms with Crippen molar-refractivity contribution in [3.63, 3.8) is 0 Å². The summed E-state index contributed by atoms with van der Waals surface area (Å²) in [6.45, 7) is 6.73. The Balaban J connectivity index is 2.07. The molecule has 3 nitrogen and oxygen atoms in total. The zero-order valence-corrected chi connectivity index (χ0v) is 10.5. The third-order valence-electron chi connectivity index (χ3n) is 3.08. The van der Waals surface area contributed by atoms with Gasteiger partial charge in [-0.25, -0.2) is 9.97 Å². The van der Waals surface area contributed by atoms with Crippen LogP contribution in [0.4, 0.5) is 5.82 Å². The molecule has 2 rings (SSSR count). The average molecular weight is 219 g/mol. The fourth-order valence-corrected chi connectivity index (χ4v) is 2.48. The van der Waals surface area contributed by atoms with Crippen LogP contribution < -0.4 is 5.32 Å². The smallest absolute Gasteiger partial charge is 0.133 e. The maximum Gasteiger partial charge on any atom is 0.133 e. The van der Waals surface area contributed by atoms with Crippen LogP contribution in [0.3, 0.4) is 0 Å². The number of hydrogen-bond donors (Lipinski definition) is 1. The van der Waals surface area contributed by atoms with Crippen LogP contribution in [0.5, 0.6) is 0 Å². The molecule has 0 aromatic carbocycles. The van der Waals surface area contributed by atoms with E-state index in [1.54, 1.807) is 6.33 Å². The number of nitrogens with one attached hydrogen (secondary N) is 1. The summed E-state index contributed by atoms with van der Waals surface area (Å²) < 4.78 is 0. The summed E-state index contributed by atoms with van der Waals surface area (Å²) in [4.78, 5) is 8.71. The van der Waals surface area contributed by atoms with Gasteiger partial charge in [-0.05, 0) is 38.5 Å². The Labute approximate surface area is 97.7 Å². The van der Waals surface area contributed by atoms with Crippen molar-refractivity contribution < 1.29 is 0 Å². The summed E-state index contributed by atoms with van der Waals surface area (Å²) >= 11 is 0. The van der Waals surface area contributed by atoms with E-state index in [9.17, 15) is 0 Å². The molecule has 0 bridgehead atoms. The number of hydrogen-bond acceptors (Lipinski definition) is 3. The third-order valence-corrected chi connectivity index (χ3v) is 3.08. The van der Waals surface area contributed by atoms with Crippen LogP contribution in [-0.4, -0.2) is 16.0 Å². The first kappa shape index (κ1) is 11.4. The molecule has 1 aliphatic carbocycles. The molecule has 0 saturated heterocycles. The average Bonchev–Trinajstić information content (AvgIpc) is 2.65. The van der Waals surface area contributed by atoms with Gasteiger partial charge in [-0.15, -0.1) is 0 Å². The number of aromatic nitrogens is 2. The van der Waals surface area contributed by atoms with E-state index in [4.69, 9.17) is 0 Å². The van der Waals surface area contributed by atoms with E-state index in [1.165, 1.54) is 24.1 Å². The Morgan fingerprint density at radius 2 is 2.06 bits per heavy atom. The van der Waals surface area contributed by atoms with Gasteiger partial charge in [0, 0.05) is 17.3 Å². The van der Waals surface area contributed by atoms with Gasteiger partial charge >= 0.3 is 0 Å². The SMILES string of the molecule is CC(C)CC(C)Nc1ncnc2c1CCC2. The Bertz CT molecular complexity index is 360. The lowest BCUT2D eigenvalue weighted by molar-refractivity contribution is 0.538. The standard InChI is InChI=1S/C13H21N3/c1-9(2)7-10(3)16-13-11-5-4-6-12(11)14-8-15-13/h8-10H,4-7H2,1-3H3,(H,14,15,16). The molecule has 16 heavy (non-hydrogen) atoms. The molecule has 0 spiro atoms. The van der Waals surface area contributed by atoms with Crippen LogP contribution in [0.25, 0.3) is 0 Å². The van der Waals surface area contributed by atoms with E-state index in [-0.39, 0.29) is 0 Å². The Morgan fingerprint density at radius 1 is 1.25 bits per heavy atom. The molecule has 0 radical (unpaired) electrons. The monoisotopic (exact) mass is 219 g/mol. The fourth-order valence-electron chi connectivity index (χ4n) is 2.48. The molecular formula is C13H21N3. The summed E-state index contributed by atoms with van der Waals surface area (Å²) in [5, 5.41) is 3.52. The van der Waals surface area contributed by atoms with Crippen LogP contribution in [0.15, 0.2) is 6.33 Å². The number of aryl methyl sites for hydroxylation is 1. The van der Waals surface area contributed by atoms with E-state index in [1.807, 2.05) is 0 Å². The first-order valence-corrected chi connectivity index (χ1v) is 6.26. The van der Waals surface area contributed by atoms with Crippen molar-refractivity contribution in [2.24, 2.45) is 5.92 Å². The van der Waals surface area contributed by atoms with E-state index in [0.29, 0.717) is 6.04 Å². The van der Waals surface area contributed by atoms with E-state index >= 15 is 0 Å². The molecule has 1 aromatic rings. The summed E-state index contributed by atoms with van der Waals surface area (Å²) in [7, 11) is 0. The number of nitrogens with zero attached hydrogens (tertiary/aromatic N) is 2. The Hall–Kier alpha value is -1.12. The van der Waals surface area contributed by atoms with Crippen LogP contribution in [0.1, 0.15) is 44.9 Å². The number of fused-ring (bicyclic) bond motifs is 1. The van der Waals surface area contributed by atoms with E-state index in [2.05, 4.69) is 36.1 Å². The second-order valence-corrected chi connectivity index (χ2v) is 5.18. The lowest BCUT2D eigenvalue weighted by atomic mass is 10.1. The van der Waals surface area contributed by atoms with E-state index < -0.39 is 0 Å². The molecule has 3 heteroatoms. The molecule has 1 aliphatic rings. The van der Waals surface area contributed by atoms with Crippen LogP contribution >= 0.6 is 0 Å². The van der Waals surface area contributed by atoms with Gasteiger partial charge in [-0.1, -0.05) is 13.8 Å². The highest BCUT2D eigenvalue weighted by Crippen LogP contribution is 2.25. The number of rotatable bonds is 4. The molecule has 1 aromatic heterocycles. The first-order chi connectivity index (χ1) is 7.66. The first-order valence-electron chi connectivity index (χ1n) is 6.26. The minimum Gasteiger partial charge on any atom is -0.367 e. The van der Waals surface area contributed by atoms with Crippen LogP contribution in [0, 0.1) is 5.92 Å². The second-order valence-electron chi connectivity index (χ2n) is 5.18. The highest BCUT2D eigenvalue weighted by molar-refractivity contribution is 5.48. The minimum absolute atomic E-state index is 0.486. The third kappa shape index (κ3) is 2.52. The predicted octanol–water partition coefficient (Wildman–Crippen LogP) is 2.81. The van der Waals surface area contributed by atoms with Crippen molar-refractivity contribution in [3.8, 4) is 0 Å². The summed E-state index contributed by atoms with van der Waals surface area (Å²) in [5.74, 6) is 1.79. The molecule has 1 heterocycles. The van der Waals surface area contributed by atoms with Gasteiger partial charge in [0.15, 0.2) is 0 Å². The molecule has 0 amide bonds. The fraction of sp³-hybridized carbons (Fsp3) is 0.692. The molecule has 0 fully saturated rings. The van der Waals surface area contributed by atoms with Crippen molar-refractivity contribution in [2.45, 2.75) is 52.5 Å². The van der Waals surface area contributed by atoms with Crippen molar-refractivity contribution >= 4 is 5.82 Å². The van der Waals surface area contributed by atoms with Crippen molar-refractivity contribution in [1.82, 2.24) is 9.97 Å². The van der Waals surface area contributed by atoms with Gasteiger partial charge in [0.1, 0.15) is 12.1 Å². The zero-order valence-electron chi connectivity index (χ0n) is 10.5. The van der Waals surface area contributed by atoms with Gasteiger partial charge in [0.05, 0.1) is 0 Å². The summed E-state index contributed by atoms with van der Waals surface area (Å²) in [6.07, 6.45) is 6.34. The quantitative estimate of drug-likeness (QED) is 0.846. The number of anilines is 1. The van der Waals surface area contributed by atoms with Gasteiger partial charge in [0.25, 0.3) is 0 Å². The van der Waals surface area contributed by atoms with Crippen molar-refractivity contribution in [2.75, 3.05) is 5.32 Å². The Morgan fingerprint density at radius 3 is 2.81 bits per heavy atom. The molecule has 1 N–H and O–H groups in total. The van der Waals surface area contributed by atoms with Crippen LogP contribution in [0.2, 0.25) is 0 Å². The molecule has 1 unspecified atom stereocenters. The van der Waals surface area contributed by atoms with Gasteiger partial charge in [-0.2, -0.15) is 0 Å². The van der Waals surface area contributed by atoms with Crippen molar-refractivity contribution in [3.05, 3.63) is 17.6 Å². The normalized spacial score (nSPS) is 16.2. The molecule has 0 aliphatic heterocycles. The molecule has 1 atom stereocenters. The maximum atomic E-state index is 4.38. The summed E-state index contributed by atoms with van der Waals surface area (Å²) in [5.41, 5.74) is 2.59. The molecular weight excluding hydrogens is 198 g/mol. The van der Waals surface area contributed by atoms with Gasteiger partial charge in [-0.3, -0.25) is 0 Å². The Kier molecular flexibility index (Phi) is 3.42. The minimum atomic E-state index is 0.486. The highest BCUT2D eigenvalue weighted by Gasteiger charge is 2.18. The van der Waals surface area contributed by atoms with Crippen LogP contribution in [-0.2, 0) is 12.8 Å². The van der Waals surface area contributed by atoms with Gasteiger partial charge in [0.2, 0.25) is 0 Å². The second kappa shape index (κ2) is 4.81. The zero-order chi connectivity index (χ0) is 11.5. The highest BCUT2D eigenvalue weighted by atomic mass is 15.0. The summed E-state index contributed by atoms with van der Waals surface area (Å²) in [6, 6.07) is 0.486. The lowest BCUT2D eigenvalue weighted by Gasteiger charge is -2.18. The van der Waals surface area contributed by atoms with Gasteiger partial charge < -0.3 is 5.32 Å². The topological polar surface area (TPSA) is 37.8 Å². The van der Waals surface area contributed by atoms with Crippen molar-refractivity contribution in [1.29, 1.82) is 0 Å². The predicted molar refractivity (Wildman–Crippen MR) is 66.6 cm³/mol. The molecule has 88 valence electrons.